The fourth-order valence-corrected chi connectivity index (χ4v) is 1.86. The zero-order valence-electron chi connectivity index (χ0n) is 11.4. The summed E-state index contributed by atoms with van der Waals surface area (Å²) in [6.45, 7) is 4.06. The van der Waals surface area contributed by atoms with E-state index in [1.807, 2.05) is 31.2 Å². The van der Waals surface area contributed by atoms with E-state index in [9.17, 15) is 4.79 Å². The number of ether oxygens (including phenoxy) is 1. The van der Waals surface area contributed by atoms with Crippen LogP contribution in [-0.2, 0) is 9.53 Å². The predicted molar refractivity (Wildman–Crippen MR) is 79.6 cm³/mol. The van der Waals surface area contributed by atoms with E-state index >= 15 is 0 Å². The third-order valence-electron chi connectivity index (χ3n) is 2.75. The van der Waals surface area contributed by atoms with Gasteiger partial charge in [0.1, 0.15) is 11.5 Å². The van der Waals surface area contributed by atoms with Gasteiger partial charge in [-0.2, -0.15) is 0 Å². The standard InChI is InChI=1S/C16H15ClO3/c1-3-19-16(18)9-7-13-6-8-15(20-13)12-5-4-11(2)14(17)10-12/h4-10H,3H2,1-2H3. The van der Waals surface area contributed by atoms with Crippen molar-refractivity contribution in [2.45, 2.75) is 13.8 Å². The van der Waals surface area contributed by atoms with Gasteiger partial charge in [0.25, 0.3) is 0 Å². The molecule has 1 aromatic carbocycles. The van der Waals surface area contributed by atoms with E-state index in [1.54, 1.807) is 19.1 Å². The van der Waals surface area contributed by atoms with Gasteiger partial charge < -0.3 is 9.15 Å². The lowest BCUT2D eigenvalue weighted by atomic mass is 10.1. The number of furan rings is 1. The van der Waals surface area contributed by atoms with Crippen LogP contribution in [0.4, 0.5) is 0 Å². The topological polar surface area (TPSA) is 39.4 Å². The van der Waals surface area contributed by atoms with Crippen LogP contribution in [0.2, 0.25) is 5.02 Å². The summed E-state index contributed by atoms with van der Waals surface area (Å²) >= 11 is 6.09. The first-order valence-corrected chi connectivity index (χ1v) is 6.69. The number of halogens is 1. The van der Waals surface area contributed by atoms with Gasteiger partial charge in [0, 0.05) is 16.7 Å². The second kappa shape index (κ2) is 6.44. The summed E-state index contributed by atoms with van der Waals surface area (Å²) in [5.74, 6) is 0.906. The average Bonchev–Trinajstić information content (AvgIpc) is 2.89. The fraction of sp³-hybridized carbons (Fsp3) is 0.188. The van der Waals surface area contributed by atoms with E-state index in [0.717, 1.165) is 11.1 Å². The first kappa shape index (κ1) is 14.4. The molecule has 1 aromatic heterocycles. The number of benzene rings is 1. The molecule has 104 valence electrons. The molecule has 0 saturated heterocycles. The van der Waals surface area contributed by atoms with Gasteiger partial charge in [-0.25, -0.2) is 4.79 Å². The van der Waals surface area contributed by atoms with Crippen LogP contribution < -0.4 is 0 Å². The van der Waals surface area contributed by atoms with E-state index in [2.05, 4.69) is 0 Å². The number of esters is 1. The maximum Gasteiger partial charge on any atom is 0.330 e. The second-order valence-corrected chi connectivity index (χ2v) is 4.66. The van der Waals surface area contributed by atoms with Crippen LogP contribution in [0.3, 0.4) is 0 Å². The molecule has 0 aliphatic carbocycles. The molecule has 0 aliphatic heterocycles. The Morgan fingerprint density at radius 3 is 2.85 bits per heavy atom. The van der Waals surface area contributed by atoms with E-state index in [-0.39, 0.29) is 5.97 Å². The Hall–Kier alpha value is -2.00. The molecular weight excluding hydrogens is 276 g/mol. The molecule has 0 atom stereocenters. The highest BCUT2D eigenvalue weighted by atomic mass is 35.5. The summed E-state index contributed by atoms with van der Waals surface area (Å²) in [6.07, 6.45) is 2.92. The van der Waals surface area contributed by atoms with E-state index in [1.165, 1.54) is 6.08 Å². The number of carbonyl (C=O) groups excluding carboxylic acids is 1. The van der Waals surface area contributed by atoms with Gasteiger partial charge in [0.05, 0.1) is 6.61 Å². The monoisotopic (exact) mass is 290 g/mol. The quantitative estimate of drug-likeness (QED) is 0.615. The smallest absolute Gasteiger partial charge is 0.330 e. The van der Waals surface area contributed by atoms with E-state index in [0.29, 0.717) is 23.2 Å². The van der Waals surface area contributed by atoms with Crippen molar-refractivity contribution in [2.24, 2.45) is 0 Å². The molecular formula is C16H15ClO3. The molecule has 0 radical (unpaired) electrons. The molecule has 4 heteroatoms. The van der Waals surface area contributed by atoms with Crippen molar-refractivity contribution >= 4 is 23.6 Å². The maximum atomic E-state index is 11.2. The molecule has 2 rings (SSSR count). The third-order valence-corrected chi connectivity index (χ3v) is 3.16. The van der Waals surface area contributed by atoms with E-state index in [4.69, 9.17) is 20.8 Å². The highest BCUT2D eigenvalue weighted by Crippen LogP contribution is 2.27. The predicted octanol–water partition coefficient (Wildman–Crippen LogP) is 4.48. The minimum atomic E-state index is -0.385. The summed E-state index contributed by atoms with van der Waals surface area (Å²) in [6, 6.07) is 9.37. The minimum Gasteiger partial charge on any atom is -0.463 e. The van der Waals surface area contributed by atoms with Gasteiger partial charge in [-0.1, -0.05) is 23.7 Å². The van der Waals surface area contributed by atoms with Gasteiger partial charge in [-0.3, -0.25) is 0 Å². The molecule has 1 heterocycles. The fourth-order valence-electron chi connectivity index (χ4n) is 1.68. The largest absolute Gasteiger partial charge is 0.463 e. The van der Waals surface area contributed by atoms with Gasteiger partial charge >= 0.3 is 5.97 Å². The maximum absolute atomic E-state index is 11.2. The molecule has 0 N–H and O–H groups in total. The Morgan fingerprint density at radius 2 is 2.15 bits per heavy atom. The van der Waals surface area contributed by atoms with Gasteiger partial charge in [-0.15, -0.1) is 0 Å². The van der Waals surface area contributed by atoms with Gasteiger partial charge in [0.15, 0.2) is 0 Å². The number of aryl methyl sites for hydroxylation is 1. The summed E-state index contributed by atoms with van der Waals surface area (Å²) < 4.78 is 10.4. The number of hydrogen-bond donors (Lipinski definition) is 0. The zero-order valence-corrected chi connectivity index (χ0v) is 12.1. The molecule has 0 unspecified atom stereocenters. The third kappa shape index (κ3) is 3.52. The Labute approximate surface area is 122 Å². The molecule has 0 amide bonds. The minimum absolute atomic E-state index is 0.356. The van der Waals surface area contributed by atoms with Gasteiger partial charge in [0.2, 0.25) is 0 Å². The molecule has 0 fully saturated rings. The number of hydrogen-bond acceptors (Lipinski definition) is 3. The molecule has 0 bridgehead atoms. The van der Waals surface area contributed by atoms with Crippen LogP contribution in [0.25, 0.3) is 17.4 Å². The van der Waals surface area contributed by atoms with Crippen LogP contribution >= 0.6 is 11.6 Å². The normalized spacial score (nSPS) is 10.9. The zero-order chi connectivity index (χ0) is 14.5. The van der Waals surface area contributed by atoms with E-state index < -0.39 is 0 Å². The lowest BCUT2D eigenvalue weighted by molar-refractivity contribution is -0.137. The molecule has 2 aromatic rings. The summed E-state index contributed by atoms with van der Waals surface area (Å²) in [5, 5.41) is 0.697. The summed E-state index contributed by atoms with van der Waals surface area (Å²) in [4.78, 5) is 11.2. The molecule has 0 aliphatic rings. The Kier molecular flexibility index (Phi) is 4.64. The van der Waals surface area contributed by atoms with Gasteiger partial charge in [-0.05, 0) is 43.7 Å². The average molecular weight is 291 g/mol. The van der Waals surface area contributed by atoms with Crippen LogP contribution in [-0.4, -0.2) is 12.6 Å². The van der Waals surface area contributed by atoms with Crippen molar-refractivity contribution in [3.8, 4) is 11.3 Å². The van der Waals surface area contributed by atoms with Crippen LogP contribution in [0.15, 0.2) is 40.8 Å². The lowest BCUT2D eigenvalue weighted by Crippen LogP contribution is -1.98. The molecule has 3 nitrogen and oxygen atoms in total. The number of rotatable bonds is 4. The highest BCUT2D eigenvalue weighted by molar-refractivity contribution is 6.31. The first-order valence-electron chi connectivity index (χ1n) is 6.31. The summed E-state index contributed by atoms with van der Waals surface area (Å²) in [5.41, 5.74) is 1.92. The van der Waals surface area contributed by atoms with Crippen molar-refractivity contribution < 1.29 is 13.9 Å². The van der Waals surface area contributed by atoms with Crippen molar-refractivity contribution in [2.75, 3.05) is 6.61 Å². The first-order chi connectivity index (χ1) is 9.60. The molecule has 0 saturated carbocycles. The highest BCUT2D eigenvalue weighted by Gasteiger charge is 2.05. The van der Waals surface area contributed by atoms with Crippen molar-refractivity contribution in [3.63, 3.8) is 0 Å². The van der Waals surface area contributed by atoms with Crippen molar-refractivity contribution in [3.05, 3.63) is 52.8 Å². The number of carbonyl (C=O) groups is 1. The summed E-state index contributed by atoms with van der Waals surface area (Å²) in [7, 11) is 0. The van der Waals surface area contributed by atoms with Crippen LogP contribution in [0.1, 0.15) is 18.2 Å². The SMILES string of the molecule is CCOC(=O)C=Cc1ccc(-c2ccc(C)c(Cl)c2)o1. The lowest BCUT2D eigenvalue weighted by Gasteiger charge is -2.00. The molecule has 20 heavy (non-hydrogen) atoms. The van der Waals surface area contributed by atoms with Crippen LogP contribution in [0, 0.1) is 6.92 Å². The Balaban J connectivity index is 2.16. The second-order valence-electron chi connectivity index (χ2n) is 4.25. The molecule has 0 spiro atoms. The van der Waals surface area contributed by atoms with Crippen molar-refractivity contribution in [1.29, 1.82) is 0 Å². The van der Waals surface area contributed by atoms with Crippen molar-refractivity contribution in [1.82, 2.24) is 0 Å². The van der Waals surface area contributed by atoms with Crippen LogP contribution in [0.5, 0.6) is 0 Å². The Bertz CT molecular complexity index is 641. The Morgan fingerprint density at radius 1 is 1.35 bits per heavy atom.